The highest BCUT2D eigenvalue weighted by atomic mass is 16.5. The molecule has 0 aliphatic carbocycles. The molecule has 28 heavy (non-hydrogen) atoms. The monoisotopic (exact) mass is 391 g/mol. The second-order valence-electron chi connectivity index (χ2n) is 7.86. The predicted molar refractivity (Wildman–Crippen MR) is 96.9 cm³/mol. The first-order valence-electron chi connectivity index (χ1n) is 9.44. The standard InChI is InChI=1S/C18H25N5O5/c1-11-10-13(21-27-11)14(24)20-17(3)6-9-26-18(15(17)25)4-7-23(8-5-18)16-19-12(2)28-22-16/h10,15,25H,4-9H2,1-3H3,(H,20,24)/t15-,17+/m1/s1. The Balaban J connectivity index is 1.46. The maximum absolute atomic E-state index is 12.6. The largest absolute Gasteiger partial charge is 0.388 e. The van der Waals surface area contributed by atoms with Gasteiger partial charge in [0.2, 0.25) is 5.89 Å². The molecule has 2 aromatic heterocycles. The number of piperidine rings is 1. The van der Waals surface area contributed by atoms with Crippen LogP contribution in [0.15, 0.2) is 15.1 Å². The van der Waals surface area contributed by atoms with E-state index in [0.29, 0.717) is 56.6 Å². The van der Waals surface area contributed by atoms with Gasteiger partial charge in [0.15, 0.2) is 5.69 Å². The molecule has 10 nitrogen and oxygen atoms in total. The smallest absolute Gasteiger partial charge is 0.273 e. The Labute approximate surface area is 162 Å². The van der Waals surface area contributed by atoms with E-state index in [1.165, 1.54) is 0 Å². The number of carbonyl (C=O) groups excluding carboxylic acids is 1. The summed E-state index contributed by atoms with van der Waals surface area (Å²) in [6.07, 6.45) is 0.832. The van der Waals surface area contributed by atoms with E-state index in [2.05, 4.69) is 20.6 Å². The summed E-state index contributed by atoms with van der Waals surface area (Å²) in [5.74, 6) is 1.26. The zero-order valence-corrected chi connectivity index (χ0v) is 16.3. The number of ether oxygens (including phenoxy) is 1. The van der Waals surface area contributed by atoms with Crippen molar-refractivity contribution >= 4 is 11.9 Å². The van der Waals surface area contributed by atoms with Crippen molar-refractivity contribution in [2.24, 2.45) is 0 Å². The van der Waals surface area contributed by atoms with Crippen molar-refractivity contribution < 1.29 is 23.7 Å². The minimum absolute atomic E-state index is 0.203. The van der Waals surface area contributed by atoms with Crippen LogP contribution in [0.1, 0.15) is 48.3 Å². The molecule has 0 saturated carbocycles. The molecule has 0 aromatic carbocycles. The number of aliphatic hydroxyl groups is 1. The van der Waals surface area contributed by atoms with Crippen LogP contribution in [0.25, 0.3) is 0 Å². The topological polar surface area (TPSA) is 127 Å². The quantitative estimate of drug-likeness (QED) is 0.787. The number of amides is 1. The van der Waals surface area contributed by atoms with Crippen LogP contribution in [-0.2, 0) is 4.74 Å². The van der Waals surface area contributed by atoms with Gasteiger partial charge in [-0.3, -0.25) is 4.79 Å². The van der Waals surface area contributed by atoms with Crippen LogP contribution in [0.4, 0.5) is 5.95 Å². The normalized spacial score (nSPS) is 27.1. The van der Waals surface area contributed by atoms with E-state index in [9.17, 15) is 9.90 Å². The number of aliphatic hydroxyl groups excluding tert-OH is 1. The van der Waals surface area contributed by atoms with Gasteiger partial charge in [-0.2, -0.15) is 4.98 Å². The van der Waals surface area contributed by atoms with Crippen LogP contribution in [0.2, 0.25) is 0 Å². The number of aromatic nitrogens is 3. The van der Waals surface area contributed by atoms with Crippen LogP contribution in [0.3, 0.4) is 0 Å². The van der Waals surface area contributed by atoms with E-state index in [0.717, 1.165) is 0 Å². The highest BCUT2D eigenvalue weighted by molar-refractivity contribution is 5.92. The highest BCUT2D eigenvalue weighted by Gasteiger charge is 2.54. The van der Waals surface area contributed by atoms with Crippen molar-refractivity contribution in [1.29, 1.82) is 0 Å². The second-order valence-corrected chi connectivity index (χ2v) is 7.86. The average Bonchev–Trinajstić information content (AvgIpc) is 3.29. The van der Waals surface area contributed by atoms with Crippen molar-refractivity contribution in [3.05, 3.63) is 23.4 Å². The van der Waals surface area contributed by atoms with Crippen molar-refractivity contribution in [3.8, 4) is 0 Å². The van der Waals surface area contributed by atoms with Gasteiger partial charge in [-0.05, 0) is 38.3 Å². The molecule has 1 amide bonds. The highest BCUT2D eigenvalue weighted by Crippen LogP contribution is 2.40. The first-order chi connectivity index (χ1) is 13.3. The lowest BCUT2D eigenvalue weighted by molar-refractivity contribution is -0.195. The Morgan fingerprint density at radius 1 is 1.25 bits per heavy atom. The summed E-state index contributed by atoms with van der Waals surface area (Å²) in [6.45, 7) is 7.03. The molecule has 4 heterocycles. The third-order valence-electron chi connectivity index (χ3n) is 5.78. The van der Waals surface area contributed by atoms with Gasteiger partial charge in [-0.15, -0.1) is 0 Å². The molecule has 1 spiro atoms. The number of anilines is 1. The molecule has 4 rings (SSSR count). The summed E-state index contributed by atoms with van der Waals surface area (Å²) in [5, 5.41) is 21.9. The first-order valence-corrected chi connectivity index (χ1v) is 9.44. The molecule has 2 aromatic rings. The predicted octanol–water partition coefficient (Wildman–Crippen LogP) is 0.983. The average molecular weight is 391 g/mol. The number of nitrogens with zero attached hydrogens (tertiary/aromatic N) is 4. The fourth-order valence-corrected chi connectivity index (χ4v) is 4.11. The summed E-state index contributed by atoms with van der Waals surface area (Å²) in [5.41, 5.74) is -1.35. The molecule has 2 atom stereocenters. The third kappa shape index (κ3) is 3.26. The number of rotatable bonds is 3. The number of hydrogen-bond donors (Lipinski definition) is 2. The Hall–Kier alpha value is -2.46. The van der Waals surface area contributed by atoms with Crippen molar-refractivity contribution in [2.45, 2.75) is 57.3 Å². The van der Waals surface area contributed by atoms with Gasteiger partial charge in [0.25, 0.3) is 11.9 Å². The lowest BCUT2D eigenvalue weighted by atomic mass is 9.73. The Morgan fingerprint density at radius 3 is 2.61 bits per heavy atom. The molecule has 2 N–H and O–H groups in total. The van der Waals surface area contributed by atoms with Gasteiger partial charge in [0.05, 0.1) is 11.1 Å². The van der Waals surface area contributed by atoms with Crippen LogP contribution in [-0.4, -0.2) is 63.3 Å². The van der Waals surface area contributed by atoms with Crippen LogP contribution in [0, 0.1) is 13.8 Å². The van der Waals surface area contributed by atoms with Gasteiger partial charge in [0, 0.05) is 32.7 Å². The van der Waals surface area contributed by atoms with Crippen molar-refractivity contribution in [3.63, 3.8) is 0 Å². The van der Waals surface area contributed by atoms with Gasteiger partial charge < -0.3 is 29.1 Å². The van der Waals surface area contributed by atoms with Gasteiger partial charge in [-0.1, -0.05) is 5.16 Å². The number of hydrogen-bond acceptors (Lipinski definition) is 9. The van der Waals surface area contributed by atoms with Crippen LogP contribution < -0.4 is 10.2 Å². The molecule has 152 valence electrons. The third-order valence-corrected chi connectivity index (χ3v) is 5.78. The van der Waals surface area contributed by atoms with Gasteiger partial charge in [0.1, 0.15) is 11.9 Å². The number of nitrogens with one attached hydrogen (secondary N) is 1. The molecule has 0 unspecified atom stereocenters. The second kappa shape index (κ2) is 6.85. The summed E-state index contributed by atoms with van der Waals surface area (Å²) in [4.78, 5) is 18.8. The minimum atomic E-state index is -0.861. The summed E-state index contributed by atoms with van der Waals surface area (Å²) in [6, 6.07) is 1.57. The lowest BCUT2D eigenvalue weighted by Gasteiger charge is -2.53. The Bertz CT molecular complexity index is 856. The van der Waals surface area contributed by atoms with E-state index in [1.807, 2.05) is 11.8 Å². The van der Waals surface area contributed by atoms with Gasteiger partial charge in [-0.25, -0.2) is 0 Å². The molecular weight excluding hydrogens is 366 g/mol. The van der Waals surface area contributed by atoms with E-state index >= 15 is 0 Å². The van der Waals surface area contributed by atoms with Crippen molar-refractivity contribution in [2.75, 3.05) is 24.6 Å². The fraction of sp³-hybridized carbons (Fsp3) is 0.667. The molecule has 10 heteroatoms. The molecule has 0 bridgehead atoms. The molecule has 2 aliphatic rings. The van der Waals surface area contributed by atoms with E-state index in [1.54, 1.807) is 19.9 Å². The number of aryl methyl sites for hydroxylation is 2. The molecule has 2 fully saturated rings. The molecule has 2 saturated heterocycles. The summed E-state index contributed by atoms with van der Waals surface area (Å²) < 4.78 is 16.1. The summed E-state index contributed by atoms with van der Waals surface area (Å²) in [7, 11) is 0. The molecule has 2 aliphatic heterocycles. The minimum Gasteiger partial charge on any atom is -0.388 e. The Kier molecular flexibility index (Phi) is 4.62. The maximum Gasteiger partial charge on any atom is 0.273 e. The lowest BCUT2D eigenvalue weighted by Crippen LogP contribution is -2.69. The first kappa shape index (κ1) is 18.9. The SMILES string of the molecule is Cc1cc(C(=O)N[C@@]2(C)CCOC3(CCN(c4noc(C)n4)CC3)[C@@H]2O)no1. The van der Waals surface area contributed by atoms with E-state index < -0.39 is 17.2 Å². The maximum atomic E-state index is 12.6. The zero-order valence-electron chi connectivity index (χ0n) is 16.3. The fourth-order valence-electron chi connectivity index (χ4n) is 4.11. The molecule has 0 radical (unpaired) electrons. The molecular formula is C18H25N5O5. The number of carbonyl (C=O) groups is 1. The Morgan fingerprint density at radius 2 is 2.00 bits per heavy atom. The van der Waals surface area contributed by atoms with Crippen molar-refractivity contribution in [1.82, 2.24) is 20.6 Å². The van der Waals surface area contributed by atoms with Crippen LogP contribution >= 0.6 is 0 Å². The van der Waals surface area contributed by atoms with Crippen LogP contribution in [0.5, 0.6) is 0 Å². The summed E-state index contributed by atoms with van der Waals surface area (Å²) >= 11 is 0. The van der Waals surface area contributed by atoms with E-state index in [4.69, 9.17) is 13.8 Å². The van der Waals surface area contributed by atoms with Gasteiger partial charge >= 0.3 is 0 Å². The zero-order chi connectivity index (χ0) is 19.9. The van der Waals surface area contributed by atoms with E-state index in [-0.39, 0.29) is 11.6 Å².